The third-order valence-electron chi connectivity index (χ3n) is 2.71. The van der Waals surface area contributed by atoms with E-state index in [2.05, 4.69) is 21.2 Å². The van der Waals surface area contributed by atoms with Crippen LogP contribution in [0.25, 0.3) is 0 Å². The first kappa shape index (κ1) is 16.1. The van der Waals surface area contributed by atoms with Gasteiger partial charge in [0, 0.05) is 15.2 Å². The van der Waals surface area contributed by atoms with E-state index < -0.39 is 0 Å². The van der Waals surface area contributed by atoms with E-state index in [4.69, 9.17) is 27.9 Å². The standard InChI is InChI=1S/C15H12BrCl2NO2/c1-9-2-4-11(7-12(9)16)19-15(20)8-21-14-5-3-10(17)6-13(14)18/h2-7H,8H2,1H3,(H,19,20). The van der Waals surface area contributed by atoms with Crippen molar-refractivity contribution < 1.29 is 9.53 Å². The molecule has 21 heavy (non-hydrogen) atoms. The second-order valence-electron chi connectivity index (χ2n) is 4.38. The first-order valence-corrected chi connectivity index (χ1v) is 7.64. The minimum absolute atomic E-state index is 0.132. The van der Waals surface area contributed by atoms with Crippen molar-refractivity contribution in [3.8, 4) is 5.75 Å². The number of nitrogens with one attached hydrogen (secondary N) is 1. The quantitative estimate of drug-likeness (QED) is 0.792. The number of carbonyl (C=O) groups excluding carboxylic acids is 1. The fourth-order valence-corrected chi connectivity index (χ4v) is 2.45. The Bertz CT molecular complexity index is 677. The van der Waals surface area contributed by atoms with Crippen molar-refractivity contribution >= 4 is 50.7 Å². The molecule has 2 aromatic rings. The van der Waals surface area contributed by atoms with Crippen LogP contribution in [0.5, 0.6) is 5.75 Å². The van der Waals surface area contributed by atoms with E-state index in [1.807, 2.05) is 25.1 Å². The van der Waals surface area contributed by atoms with Gasteiger partial charge in [0.05, 0.1) is 5.02 Å². The number of rotatable bonds is 4. The molecule has 110 valence electrons. The second kappa shape index (κ2) is 7.16. The van der Waals surface area contributed by atoms with E-state index in [0.29, 0.717) is 21.5 Å². The molecule has 1 N–H and O–H groups in total. The number of amides is 1. The Hall–Kier alpha value is -1.23. The number of halogens is 3. The van der Waals surface area contributed by atoms with E-state index in [9.17, 15) is 4.79 Å². The Morgan fingerprint density at radius 3 is 2.67 bits per heavy atom. The molecular weight excluding hydrogens is 377 g/mol. The number of hydrogen-bond acceptors (Lipinski definition) is 2. The Labute approximate surface area is 141 Å². The number of benzene rings is 2. The largest absolute Gasteiger partial charge is 0.482 e. The zero-order chi connectivity index (χ0) is 15.4. The summed E-state index contributed by atoms with van der Waals surface area (Å²) in [5, 5.41) is 3.63. The fraction of sp³-hybridized carbons (Fsp3) is 0.133. The first-order valence-electron chi connectivity index (χ1n) is 6.09. The molecular formula is C15H12BrCl2NO2. The van der Waals surface area contributed by atoms with Crippen LogP contribution in [0.4, 0.5) is 5.69 Å². The van der Waals surface area contributed by atoms with Crippen LogP contribution >= 0.6 is 39.1 Å². The van der Waals surface area contributed by atoms with Crippen LogP contribution in [0, 0.1) is 6.92 Å². The molecule has 0 heterocycles. The SMILES string of the molecule is Cc1ccc(NC(=O)COc2ccc(Cl)cc2Cl)cc1Br. The molecule has 0 unspecified atom stereocenters. The van der Waals surface area contributed by atoms with Gasteiger partial charge in [-0.2, -0.15) is 0 Å². The summed E-state index contributed by atoms with van der Waals surface area (Å²) < 4.78 is 6.30. The van der Waals surface area contributed by atoms with Crippen LogP contribution < -0.4 is 10.1 Å². The summed E-state index contributed by atoms with van der Waals surface area (Å²) in [4.78, 5) is 11.8. The summed E-state index contributed by atoms with van der Waals surface area (Å²) in [6.07, 6.45) is 0. The summed E-state index contributed by atoms with van der Waals surface area (Å²) in [7, 11) is 0. The van der Waals surface area contributed by atoms with Gasteiger partial charge in [0.2, 0.25) is 0 Å². The molecule has 1 amide bonds. The smallest absolute Gasteiger partial charge is 0.262 e. The number of ether oxygens (including phenoxy) is 1. The van der Waals surface area contributed by atoms with Crippen LogP contribution in [-0.4, -0.2) is 12.5 Å². The van der Waals surface area contributed by atoms with Gasteiger partial charge in [-0.25, -0.2) is 0 Å². The second-order valence-corrected chi connectivity index (χ2v) is 6.07. The van der Waals surface area contributed by atoms with E-state index in [1.54, 1.807) is 18.2 Å². The first-order chi connectivity index (χ1) is 9.95. The predicted octanol–water partition coefficient (Wildman–Crippen LogP) is 5.08. The number of carbonyl (C=O) groups is 1. The van der Waals surface area contributed by atoms with Crippen LogP contribution in [0.1, 0.15) is 5.56 Å². The Morgan fingerprint density at radius 2 is 2.00 bits per heavy atom. The molecule has 0 fully saturated rings. The molecule has 2 rings (SSSR count). The highest BCUT2D eigenvalue weighted by Gasteiger charge is 2.07. The highest BCUT2D eigenvalue weighted by Crippen LogP contribution is 2.27. The van der Waals surface area contributed by atoms with Crippen molar-refractivity contribution in [3.63, 3.8) is 0 Å². The molecule has 0 aromatic heterocycles. The van der Waals surface area contributed by atoms with Crippen LogP contribution in [0.2, 0.25) is 10.0 Å². The van der Waals surface area contributed by atoms with Crippen molar-refractivity contribution in [1.29, 1.82) is 0 Å². The third-order valence-corrected chi connectivity index (χ3v) is 4.09. The molecule has 0 aliphatic heterocycles. The van der Waals surface area contributed by atoms with Crippen LogP contribution in [0.3, 0.4) is 0 Å². The average Bonchev–Trinajstić information content (AvgIpc) is 2.42. The van der Waals surface area contributed by atoms with Crippen molar-refractivity contribution in [1.82, 2.24) is 0 Å². The highest BCUT2D eigenvalue weighted by atomic mass is 79.9. The molecule has 0 aliphatic carbocycles. The third kappa shape index (κ3) is 4.63. The summed E-state index contributed by atoms with van der Waals surface area (Å²) >= 11 is 15.2. The van der Waals surface area contributed by atoms with Crippen molar-refractivity contribution in [2.24, 2.45) is 0 Å². The summed E-state index contributed by atoms with van der Waals surface area (Å²) in [5.41, 5.74) is 1.79. The topological polar surface area (TPSA) is 38.3 Å². The van der Waals surface area contributed by atoms with Gasteiger partial charge in [0.15, 0.2) is 6.61 Å². The molecule has 6 heteroatoms. The van der Waals surface area contributed by atoms with Gasteiger partial charge < -0.3 is 10.1 Å². The fourth-order valence-electron chi connectivity index (χ4n) is 1.60. The number of hydrogen-bond donors (Lipinski definition) is 1. The summed E-state index contributed by atoms with van der Waals surface area (Å²) in [6.45, 7) is 1.84. The molecule has 0 saturated carbocycles. The maximum atomic E-state index is 11.8. The Morgan fingerprint density at radius 1 is 1.24 bits per heavy atom. The molecule has 0 atom stereocenters. The van der Waals surface area contributed by atoms with E-state index in [1.165, 1.54) is 0 Å². The molecule has 0 saturated heterocycles. The van der Waals surface area contributed by atoms with E-state index >= 15 is 0 Å². The lowest BCUT2D eigenvalue weighted by molar-refractivity contribution is -0.118. The maximum absolute atomic E-state index is 11.8. The monoisotopic (exact) mass is 387 g/mol. The minimum atomic E-state index is -0.267. The summed E-state index contributed by atoms with van der Waals surface area (Å²) in [5.74, 6) is 0.151. The van der Waals surface area contributed by atoms with Gasteiger partial charge in [-0.1, -0.05) is 45.2 Å². The zero-order valence-electron chi connectivity index (χ0n) is 11.1. The maximum Gasteiger partial charge on any atom is 0.262 e. The molecule has 0 radical (unpaired) electrons. The van der Waals surface area contributed by atoms with Gasteiger partial charge in [-0.3, -0.25) is 4.79 Å². The van der Waals surface area contributed by atoms with E-state index in [-0.39, 0.29) is 12.5 Å². The van der Waals surface area contributed by atoms with Crippen molar-refractivity contribution in [3.05, 3.63) is 56.5 Å². The lowest BCUT2D eigenvalue weighted by Gasteiger charge is -2.09. The highest BCUT2D eigenvalue weighted by molar-refractivity contribution is 9.10. The van der Waals surface area contributed by atoms with Gasteiger partial charge >= 0.3 is 0 Å². The van der Waals surface area contributed by atoms with Gasteiger partial charge in [0.25, 0.3) is 5.91 Å². The average molecular weight is 389 g/mol. The predicted molar refractivity (Wildman–Crippen MR) is 89.5 cm³/mol. The van der Waals surface area contributed by atoms with Gasteiger partial charge in [0.1, 0.15) is 5.75 Å². The zero-order valence-corrected chi connectivity index (χ0v) is 14.2. The normalized spacial score (nSPS) is 10.3. The van der Waals surface area contributed by atoms with Crippen molar-refractivity contribution in [2.45, 2.75) is 6.92 Å². The van der Waals surface area contributed by atoms with Crippen molar-refractivity contribution in [2.75, 3.05) is 11.9 Å². The number of aryl methyl sites for hydroxylation is 1. The lowest BCUT2D eigenvalue weighted by atomic mass is 10.2. The van der Waals surface area contributed by atoms with Crippen LogP contribution in [-0.2, 0) is 4.79 Å². The number of anilines is 1. The molecule has 0 bridgehead atoms. The minimum Gasteiger partial charge on any atom is -0.482 e. The van der Waals surface area contributed by atoms with Crippen LogP contribution in [0.15, 0.2) is 40.9 Å². The molecule has 0 spiro atoms. The Balaban J connectivity index is 1.94. The lowest BCUT2D eigenvalue weighted by Crippen LogP contribution is -2.20. The Kier molecular flexibility index (Phi) is 5.51. The van der Waals surface area contributed by atoms with Gasteiger partial charge in [-0.05, 0) is 42.8 Å². The molecule has 3 nitrogen and oxygen atoms in total. The molecule has 2 aromatic carbocycles. The molecule has 0 aliphatic rings. The van der Waals surface area contributed by atoms with E-state index in [0.717, 1.165) is 10.0 Å². The summed E-state index contributed by atoms with van der Waals surface area (Å²) in [6, 6.07) is 10.4. The van der Waals surface area contributed by atoms with Gasteiger partial charge in [-0.15, -0.1) is 0 Å².